The zero-order valence-corrected chi connectivity index (χ0v) is 12.5. The number of benzene rings is 1. The maximum absolute atomic E-state index is 5.84. The Hall–Kier alpha value is -1.06. The minimum atomic E-state index is 0.815. The molecule has 0 radical (unpaired) electrons. The Balaban J connectivity index is 1.66. The average molecular weight is 262 g/mol. The van der Waals surface area contributed by atoms with Gasteiger partial charge in [-0.05, 0) is 50.6 Å². The van der Waals surface area contributed by atoms with E-state index in [1.165, 1.54) is 37.3 Å². The summed E-state index contributed by atoms with van der Waals surface area (Å²) in [5.41, 5.74) is 2.54. The van der Waals surface area contributed by atoms with Gasteiger partial charge in [0.05, 0.1) is 6.61 Å². The van der Waals surface area contributed by atoms with Crippen LogP contribution in [0.1, 0.15) is 17.5 Å². The van der Waals surface area contributed by atoms with E-state index in [1.54, 1.807) is 0 Å². The molecule has 19 heavy (non-hydrogen) atoms. The van der Waals surface area contributed by atoms with Crippen LogP contribution in [0.3, 0.4) is 0 Å². The van der Waals surface area contributed by atoms with Crippen molar-refractivity contribution in [1.82, 2.24) is 9.80 Å². The fourth-order valence-corrected chi connectivity index (χ4v) is 2.57. The van der Waals surface area contributed by atoms with Gasteiger partial charge in [-0.25, -0.2) is 0 Å². The molecule has 0 saturated carbocycles. The van der Waals surface area contributed by atoms with E-state index in [4.69, 9.17) is 4.74 Å². The molecule has 0 bridgehead atoms. The Bertz CT molecular complexity index is 377. The first-order valence-electron chi connectivity index (χ1n) is 7.25. The lowest BCUT2D eigenvalue weighted by molar-refractivity contribution is 0.145. The molecule has 1 heterocycles. The third-order valence-corrected chi connectivity index (χ3v) is 3.68. The highest BCUT2D eigenvalue weighted by Gasteiger charge is 2.12. The average Bonchev–Trinajstić information content (AvgIpc) is 2.36. The van der Waals surface area contributed by atoms with Gasteiger partial charge < -0.3 is 14.5 Å². The standard InChI is InChI=1S/C16H26N2O/c1-14-11-15(2)13-16(12-14)19-10-4-5-18-8-6-17(3)7-9-18/h11-13H,4-10H2,1-3H3. The molecule has 0 amide bonds. The molecule has 1 aromatic carbocycles. The lowest BCUT2D eigenvalue weighted by atomic mass is 10.1. The highest BCUT2D eigenvalue weighted by atomic mass is 16.5. The Morgan fingerprint density at radius 3 is 2.26 bits per heavy atom. The van der Waals surface area contributed by atoms with Crippen molar-refractivity contribution in [3.63, 3.8) is 0 Å². The van der Waals surface area contributed by atoms with Gasteiger partial charge in [0, 0.05) is 32.7 Å². The smallest absolute Gasteiger partial charge is 0.119 e. The number of likely N-dealkylation sites (N-methyl/N-ethyl adjacent to an activating group) is 1. The maximum atomic E-state index is 5.84. The predicted octanol–water partition coefficient (Wildman–Crippen LogP) is 2.32. The molecule has 0 unspecified atom stereocenters. The third-order valence-electron chi connectivity index (χ3n) is 3.68. The molecule has 1 aliphatic rings. The van der Waals surface area contributed by atoms with Crippen molar-refractivity contribution < 1.29 is 4.74 Å². The summed E-state index contributed by atoms with van der Waals surface area (Å²) in [6.45, 7) is 11.0. The predicted molar refractivity (Wildman–Crippen MR) is 80.0 cm³/mol. The van der Waals surface area contributed by atoms with E-state index in [-0.39, 0.29) is 0 Å². The molecule has 0 N–H and O–H groups in total. The van der Waals surface area contributed by atoms with E-state index in [1.807, 2.05) is 0 Å². The van der Waals surface area contributed by atoms with E-state index in [0.717, 1.165) is 25.3 Å². The van der Waals surface area contributed by atoms with Crippen LogP contribution in [-0.4, -0.2) is 56.2 Å². The number of aryl methyl sites for hydroxylation is 2. The summed E-state index contributed by atoms with van der Waals surface area (Å²) >= 11 is 0. The first kappa shape index (κ1) is 14.4. The fourth-order valence-electron chi connectivity index (χ4n) is 2.57. The van der Waals surface area contributed by atoms with Gasteiger partial charge in [0.25, 0.3) is 0 Å². The highest BCUT2D eigenvalue weighted by molar-refractivity contribution is 5.32. The number of hydrogen-bond acceptors (Lipinski definition) is 3. The Morgan fingerprint density at radius 2 is 1.63 bits per heavy atom. The second-order valence-corrected chi connectivity index (χ2v) is 5.67. The minimum absolute atomic E-state index is 0.815. The van der Waals surface area contributed by atoms with Gasteiger partial charge >= 0.3 is 0 Å². The van der Waals surface area contributed by atoms with E-state index < -0.39 is 0 Å². The molecule has 3 heteroatoms. The molecular weight excluding hydrogens is 236 g/mol. The summed E-state index contributed by atoms with van der Waals surface area (Å²) in [6.07, 6.45) is 1.11. The maximum Gasteiger partial charge on any atom is 0.119 e. The molecule has 0 aromatic heterocycles. The Labute approximate surface area is 117 Å². The van der Waals surface area contributed by atoms with Crippen molar-refractivity contribution in [2.24, 2.45) is 0 Å². The monoisotopic (exact) mass is 262 g/mol. The number of hydrogen-bond donors (Lipinski definition) is 0. The highest BCUT2D eigenvalue weighted by Crippen LogP contribution is 2.16. The van der Waals surface area contributed by atoms with Gasteiger partial charge in [0.2, 0.25) is 0 Å². The van der Waals surface area contributed by atoms with Crippen LogP contribution in [0.25, 0.3) is 0 Å². The van der Waals surface area contributed by atoms with Gasteiger partial charge in [0.1, 0.15) is 5.75 Å². The van der Waals surface area contributed by atoms with E-state index in [9.17, 15) is 0 Å². The van der Waals surface area contributed by atoms with Crippen LogP contribution in [0, 0.1) is 13.8 Å². The van der Waals surface area contributed by atoms with Crippen LogP contribution in [0.5, 0.6) is 5.75 Å². The molecule has 1 saturated heterocycles. The first-order valence-corrected chi connectivity index (χ1v) is 7.25. The van der Waals surface area contributed by atoms with Crippen molar-refractivity contribution in [2.45, 2.75) is 20.3 Å². The van der Waals surface area contributed by atoms with Crippen LogP contribution in [0.15, 0.2) is 18.2 Å². The summed E-state index contributed by atoms with van der Waals surface area (Å²) in [4.78, 5) is 4.92. The quantitative estimate of drug-likeness (QED) is 0.757. The second-order valence-electron chi connectivity index (χ2n) is 5.67. The van der Waals surface area contributed by atoms with Crippen molar-refractivity contribution >= 4 is 0 Å². The molecule has 1 fully saturated rings. The Morgan fingerprint density at radius 1 is 1.00 bits per heavy atom. The molecule has 0 atom stereocenters. The summed E-state index contributed by atoms with van der Waals surface area (Å²) in [5, 5.41) is 0. The third kappa shape index (κ3) is 4.84. The number of piperazine rings is 1. The molecule has 106 valence electrons. The lowest BCUT2D eigenvalue weighted by Crippen LogP contribution is -2.44. The topological polar surface area (TPSA) is 15.7 Å². The summed E-state index contributed by atoms with van der Waals surface area (Å²) in [7, 11) is 2.19. The first-order chi connectivity index (χ1) is 9.13. The van der Waals surface area contributed by atoms with Crippen LogP contribution < -0.4 is 4.74 Å². The molecule has 1 aliphatic heterocycles. The van der Waals surface area contributed by atoms with Gasteiger partial charge in [-0.2, -0.15) is 0 Å². The van der Waals surface area contributed by atoms with E-state index >= 15 is 0 Å². The zero-order valence-electron chi connectivity index (χ0n) is 12.5. The molecule has 3 nitrogen and oxygen atoms in total. The van der Waals surface area contributed by atoms with Crippen LogP contribution in [0.2, 0.25) is 0 Å². The second kappa shape index (κ2) is 6.92. The van der Waals surface area contributed by atoms with Crippen molar-refractivity contribution in [2.75, 3.05) is 46.4 Å². The number of nitrogens with zero attached hydrogens (tertiary/aromatic N) is 2. The van der Waals surface area contributed by atoms with Crippen molar-refractivity contribution in [3.05, 3.63) is 29.3 Å². The normalized spacial score (nSPS) is 17.6. The van der Waals surface area contributed by atoms with E-state index in [2.05, 4.69) is 48.9 Å². The van der Waals surface area contributed by atoms with Gasteiger partial charge in [-0.15, -0.1) is 0 Å². The molecule has 0 spiro atoms. The summed E-state index contributed by atoms with van der Waals surface area (Å²) in [6, 6.07) is 6.41. The lowest BCUT2D eigenvalue weighted by Gasteiger charge is -2.32. The molecule has 1 aromatic rings. The zero-order chi connectivity index (χ0) is 13.7. The molecule has 2 rings (SSSR count). The van der Waals surface area contributed by atoms with Crippen LogP contribution in [-0.2, 0) is 0 Å². The summed E-state index contributed by atoms with van der Waals surface area (Å²) in [5.74, 6) is 1.01. The van der Waals surface area contributed by atoms with Crippen LogP contribution in [0.4, 0.5) is 0 Å². The summed E-state index contributed by atoms with van der Waals surface area (Å²) < 4.78 is 5.84. The Kier molecular flexibility index (Phi) is 5.23. The van der Waals surface area contributed by atoms with E-state index in [0.29, 0.717) is 0 Å². The number of ether oxygens (including phenoxy) is 1. The van der Waals surface area contributed by atoms with Crippen molar-refractivity contribution in [1.29, 1.82) is 0 Å². The fraction of sp³-hybridized carbons (Fsp3) is 0.625. The largest absolute Gasteiger partial charge is 0.494 e. The SMILES string of the molecule is Cc1cc(C)cc(OCCCN2CCN(C)CC2)c1. The molecule has 0 aliphatic carbocycles. The van der Waals surface area contributed by atoms with Crippen molar-refractivity contribution in [3.8, 4) is 5.75 Å². The minimum Gasteiger partial charge on any atom is -0.494 e. The van der Waals surface area contributed by atoms with Gasteiger partial charge in [-0.3, -0.25) is 0 Å². The van der Waals surface area contributed by atoms with Gasteiger partial charge in [0.15, 0.2) is 0 Å². The number of rotatable bonds is 5. The van der Waals surface area contributed by atoms with Gasteiger partial charge in [-0.1, -0.05) is 6.07 Å². The van der Waals surface area contributed by atoms with Crippen LogP contribution >= 0.6 is 0 Å². The molecular formula is C16H26N2O.